The third-order valence-electron chi connectivity index (χ3n) is 5.72. The summed E-state index contributed by atoms with van der Waals surface area (Å²) in [6.07, 6.45) is -0.640. The van der Waals surface area contributed by atoms with E-state index in [4.69, 9.17) is 8.61 Å². The molecule has 164 valence electrons. The number of hydrogen-bond donors (Lipinski definition) is 0. The summed E-state index contributed by atoms with van der Waals surface area (Å²) in [4.78, 5) is 0. The highest BCUT2D eigenvalue weighted by Gasteiger charge is 2.52. The molecule has 1 saturated carbocycles. The molecule has 0 amide bonds. The second-order valence-corrected chi connectivity index (χ2v) is 14.9. The van der Waals surface area contributed by atoms with Crippen molar-refractivity contribution >= 4 is 28.8 Å². The van der Waals surface area contributed by atoms with Crippen LogP contribution in [-0.4, -0.2) is 41.4 Å². The van der Waals surface area contributed by atoms with Gasteiger partial charge in [0.2, 0.25) is 0 Å². The zero-order chi connectivity index (χ0) is 22.0. The Morgan fingerprint density at radius 1 is 0.933 bits per heavy atom. The average Bonchev–Trinajstić information content (AvgIpc) is 2.67. The number of alkyl halides is 1. The number of halogens is 1. The van der Waals surface area contributed by atoms with Gasteiger partial charge < -0.3 is 4.43 Å². The summed E-state index contributed by atoms with van der Waals surface area (Å²) in [5.74, 6) is 0. The first kappa shape index (κ1) is 23.1. The molecule has 2 aromatic carbocycles. The van der Waals surface area contributed by atoms with Crippen LogP contribution in [0, 0.1) is 0 Å². The van der Waals surface area contributed by atoms with Gasteiger partial charge in [-0.05, 0) is 28.3 Å². The minimum absolute atomic E-state index is 0.130. The molecular weight excluding hydrogens is 419 g/mol. The summed E-state index contributed by atoms with van der Waals surface area (Å²) >= 11 is 0. The number of rotatable bonds is 6. The first-order valence-corrected chi connectivity index (χ1v) is 14.1. The molecule has 0 aliphatic heterocycles. The lowest BCUT2D eigenvalue weighted by Crippen LogP contribution is -2.68. The van der Waals surface area contributed by atoms with E-state index in [0.717, 1.165) is 16.6 Å². The molecule has 0 radical (unpaired) electrons. The summed E-state index contributed by atoms with van der Waals surface area (Å²) in [6, 6.07) is 20.5. The van der Waals surface area contributed by atoms with Gasteiger partial charge in [0.15, 0.2) is 0 Å². The van der Waals surface area contributed by atoms with Crippen LogP contribution in [0.3, 0.4) is 0 Å². The highest BCUT2D eigenvalue weighted by Crippen LogP contribution is 2.40. The normalized spacial score (nSPS) is 23.3. The minimum Gasteiger partial charge on any atom is -0.404 e. The molecule has 3 rings (SSSR count). The highest BCUT2D eigenvalue weighted by molar-refractivity contribution is 7.86. The van der Waals surface area contributed by atoms with Crippen LogP contribution >= 0.6 is 0 Å². The molecule has 0 heterocycles. The Kier molecular flexibility index (Phi) is 6.86. The Morgan fingerprint density at radius 3 is 1.83 bits per heavy atom. The van der Waals surface area contributed by atoms with E-state index in [2.05, 4.69) is 45.0 Å². The maximum absolute atomic E-state index is 14.9. The molecule has 1 aliphatic carbocycles. The topological polar surface area (TPSA) is 52.6 Å². The highest BCUT2D eigenvalue weighted by atomic mass is 32.2. The van der Waals surface area contributed by atoms with Gasteiger partial charge in [0.25, 0.3) is 18.4 Å². The van der Waals surface area contributed by atoms with Gasteiger partial charge in [0, 0.05) is 12.5 Å². The Labute approximate surface area is 180 Å². The fourth-order valence-corrected chi connectivity index (χ4v) is 9.83. The predicted octanol–water partition coefficient (Wildman–Crippen LogP) is 3.80. The molecule has 1 aliphatic rings. The second kappa shape index (κ2) is 8.90. The molecule has 7 heteroatoms. The molecule has 0 bridgehead atoms. The van der Waals surface area contributed by atoms with Gasteiger partial charge in [-0.3, -0.25) is 4.18 Å². The summed E-state index contributed by atoms with van der Waals surface area (Å²) < 4.78 is 49.7. The second-order valence-electron chi connectivity index (χ2n) is 9.07. The van der Waals surface area contributed by atoms with Crippen molar-refractivity contribution in [2.45, 2.75) is 63.5 Å². The van der Waals surface area contributed by atoms with Gasteiger partial charge in [-0.15, -0.1) is 0 Å². The van der Waals surface area contributed by atoms with Crippen molar-refractivity contribution in [3.05, 3.63) is 60.7 Å². The lowest BCUT2D eigenvalue weighted by molar-refractivity contribution is 0.0128. The van der Waals surface area contributed by atoms with Crippen LogP contribution in [0.15, 0.2) is 60.7 Å². The Balaban J connectivity index is 1.97. The monoisotopic (exact) mass is 450 g/mol. The zero-order valence-electron chi connectivity index (χ0n) is 18.0. The molecule has 0 aromatic heterocycles. The lowest BCUT2D eigenvalue weighted by atomic mass is 9.94. The Bertz CT molecular complexity index is 889. The minimum atomic E-state index is -3.69. The van der Waals surface area contributed by atoms with E-state index in [-0.39, 0.29) is 17.6 Å². The van der Waals surface area contributed by atoms with Crippen molar-refractivity contribution in [3.63, 3.8) is 0 Å². The van der Waals surface area contributed by atoms with E-state index in [1.165, 1.54) is 0 Å². The Hall–Kier alpha value is -1.54. The fraction of sp³-hybridized carbons (Fsp3) is 0.478. The van der Waals surface area contributed by atoms with E-state index >= 15 is 0 Å². The van der Waals surface area contributed by atoms with Crippen molar-refractivity contribution in [1.82, 2.24) is 0 Å². The number of benzene rings is 2. The molecule has 0 unspecified atom stereocenters. The number of hydrogen-bond acceptors (Lipinski definition) is 4. The van der Waals surface area contributed by atoms with Crippen LogP contribution in [0.5, 0.6) is 0 Å². The van der Waals surface area contributed by atoms with E-state index < -0.39 is 30.7 Å². The summed E-state index contributed by atoms with van der Waals surface area (Å²) in [5.41, 5.74) is 0. The third kappa shape index (κ3) is 5.02. The van der Waals surface area contributed by atoms with Crippen molar-refractivity contribution in [2.24, 2.45) is 0 Å². The molecule has 0 saturated heterocycles. The molecule has 2 aromatic rings. The maximum atomic E-state index is 14.9. The van der Waals surface area contributed by atoms with Gasteiger partial charge in [0.1, 0.15) is 12.3 Å². The van der Waals surface area contributed by atoms with Crippen LogP contribution in [0.25, 0.3) is 0 Å². The smallest absolute Gasteiger partial charge is 0.264 e. The van der Waals surface area contributed by atoms with Crippen molar-refractivity contribution < 1.29 is 21.4 Å². The molecule has 30 heavy (non-hydrogen) atoms. The van der Waals surface area contributed by atoms with Crippen LogP contribution in [-0.2, 0) is 18.7 Å². The maximum Gasteiger partial charge on any atom is 0.264 e. The van der Waals surface area contributed by atoms with Gasteiger partial charge in [-0.1, -0.05) is 81.4 Å². The Morgan fingerprint density at radius 2 is 1.43 bits per heavy atom. The van der Waals surface area contributed by atoms with Crippen LogP contribution < -0.4 is 10.4 Å². The summed E-state index contributed by atoms with van der Waals surface area (Å²) in [5, 5.41) is 2.10. The third-order valence-corrected chi connectivity index (χ3v) is 11.4. The van der Waals surface area contributed by atoms with Crippen LogP contribution in [0.1, 0.15) is 40.0 Å². The molecule has 0 N–H and O–H groups in total. The molecule has 4 nitrogen and oxygen atoms in total. The van der Waals surface area contributed by atoms with Crippen LogP contribution in [0.4, 0.5) is 4.39 Å². The van der Waals surface area contributed by atoms with E-state index in [9.17, 15) is 12.8 Å². The van der Waals surface area contributed by atoms with Gasteiger partial charge in [-0.25, -0.2) is 4.39 Å². The van der Waals surface area contributed by atoms with E-state index in [1.54, 1.807) is 0 Å². The van der Waals surface area contributed by atoms with Gasteiger partial charge >= 0.3 is 0 Å². The van der Waals surface area contributed by atoms with E-state index in [0.29, 0.717) is 12.8 Å². The fourth-order valence-electron chi connectivity index (χ4n) is 4.43. The molecular formula is C23H31FO4SSi. The lowest BCUT2D eigenvalue weighted by Gasteiger charge is -2.46. The standard InChI is InChI=1S/C23H31FO4SSi/c1-23(2,3)30(19-11-7-5-8-12-19,20-13-9-6-10-14-20)28-18-15-16-22(21(24)17-18)27-29(4,25)26/h5-14,18,21-22H,15-17H2,1-4H3/t18-,21+,22-/m1/s1. The summed E-state index contributed by atoms with van der Waals surface area (Å²) in [6.45, 7) is 6.56. The first-order chi connectivity index (χ1) is 14.0. The van der Waals surface area contributed by atoms with Crippen molar-refractivity contribution in [1.29, 1.82) is 0 Å². The zero-order valence-corrected chi connectivity index (χ0v) is 19.9. The predicted molar refractivity (Wildman–Crippen MR) is 121 cm³/mol. The SMILES string of the molecule is CC(C)(C)[Si](O[C@@H]1CC[C@@H](OS(C)(=O)=O)[C@@H](F)C1)(c1ccccc1)c1ccccc1. The molecule has 0 spiro atoms. The van der Waals surface area contributed by atoms with Crippen LogP contribution in [0.2, 0.25) is 5.04 Å². The average molecular weight is 451 g/mol. The van der Waals surface area contributed by atoms with Crippen molar-refractivity contribution in [3.8, 4) is 0 Å². The van der Waals surface area contributed by atoms with Gasteiger partial charge in [0.05, 0.1) is 6.26 Å². The summed E-state index contributed by atoms with van der Waals surface area (Å²) in [7, 11) is -6.45. The molecule has 3 atom stereocenters. The molecule has 1 fully saturated rings. The quantitative estimate of drug-likeness (QED) is 0.496. The van der Waals surface area contributed by atoms with E-state index in [1.807, 2.05) is 36.4 Å². The van der Waals surface area contributed by atoms with Gasteiger partial charge in [-0.2, -0.15) is 8.42 Å². The first-order valence-electron chi connectivity index (χ1n) is 10.3. The largest absolute Gasteiger partial charge is 0.404 e. The van der Waals surface area contributed by atoms with Crippen molar-refractivity contribution in [2.75, 3.05) is 6.26 Å².